The Morgan fingerprint density at radius 2 is 1.94 bits per heavy atom. The number of carbonyl (C=O) groups is 1. The second-order valence-corrected chi connectivity index (χ2v) is 7.41. The molecule has 0 aliphatic heterocycles. The molecule has 2 aromatic heterocycles. The van der Waals surface area contributed by atoms with E-state index in [1.165, 1.54) is 24.3 Å². The number of hydrogen-bond donors (Lipinski definition) is 1. The molecule has 0 fully saturated rings. The highest BCUT2D eigenvalue weighted by atomic mass is 16.6. The molecule has 1 amide bonds. The first-order valence-corrected chi connectivity index (χ1v) is 10.1. The fraction of sp³-hybridized carbons (Fsp3) is 0.125. The van der Waals surface area contributed by atoms with Crippen LogP contribution in [0, 0.1) is 24.0 Å². The Morgan fingerprint density at radius 1 is 1.15 bits per heavy atom. The number of rotatable bonds is 6. The number of nitrogens with one attached hydrogen (secondary N) is 1. The van der Waals surface area contributed by atoms with Gasteiger partial charge >= 0.3 is 0 Å². The van der Waals surface area contributed by atoms with E-state index in [0.717, 1.165) is 10.9 Å². The molecule has 0 spiro atoms. The molecule has 0 radical (unpaired) electrons. The summed E-state index contributed by atoms with van der Waals surface area (Å²) in [5.41, 5.74) is 2.89. The zero-order valence-corrected chi connectivity index (χ0v) is 18.3. The molecule has 0 atom stereocenters. The lowest BCUT2D eigenvalue weighted by atomic mass is 10.1. The van der Waals surface area contributed by atoms with E-state index in [9.17, 15) is 14.9 Å². The van der Waals surface area contributed by atoms with Crippen molar-refractivity contribution >= 4 is 34.4 Å². The van der Waals surface area contributed by atoms with Gasteiger partial charge in [-0.15, -0.1) is 0 Å². The Balaban J connectivity index is 1.64. The highest BCUT2D eigenvalue weighted by Gasteiger charge is 2.14. The van der Waals surface area contributed by atoms with Crippen molar-refractivity contribution in [3.63, 3.8) is 0 Å². The number of nitro groups is 1. The molecule has 0 aliphatic carbocycles. The maximum absolute atomic E-state index is 12.6. The van der Waals surface area contributed by atoms with E-state index in [2.05, 4.69) is 10.4 Å². The van der Waals surface area contributed by atoms with Gasteiger partial charge in [0.05, 0.1) is 17.7 Å². The van der Waals surface area contributed by atoms with Gasteiger partial charge in [0.25, 0.3) is 5.69 Å². The van der Waals surface area contributed by atoms with Crippen molar-refractivity contribution in [2.24, 2.45) is 0 Å². The average molecular weight is 443 g/mol. The van der Waals surface area contributed by atoms with Gasteiger partial charge in [-0.2, -0.15) is 9.78 Å². The topological polar surface area (TPSA) is 112 Å². The Bertz CT molecular complexity index is 1410. The zero-order valence-electron chi connectivity index (χ0n) is 18.3. The number of hydrogen-bond acceptors (Lipinski definition) is 6. The number of aromatic nitrogens is 3. The highest BCUT2D eigenvalue weighted by Crippen LogP contribution is 2.28. The van der Waals surface area contributed by atoms with Crippen molar-refractivity contribution in [3.8, 4) is 11.6 Å². The summed E-state index contributed by atoms with van der Waals surface area (Å²) in [6.45, 7) is 3.79. The number of fused-ring (bicyclic) bond motifs is 1. The van der Waals surface area contributed by atoms with Crippen LogP contribution in [-0.4, -0.2) is 32.7 Å². The predicted octanol–water partition coefficient (Wildman–Crippen LogP) is 4.61. The number of anilines is 1. The Hall–Kier alpha value is -4.53. The number of pyridine rings is 1. The summed E-state index contributed by atoms with van der Waals surface area (Å²) in [6, 6.07) is 15.4. The molecule has 0 unspecified atom stereocenters. The van der Waals surface area contributed by atoms with E-state index in [0.29, 0.717) is 34.2 Å². The molecule has 4 rings (SSSR count). The molecule has 4 aromatic rings. The minimum Gasteiger partial charge on any atom is -0.494 e. The van der Waals surface area contributed by atoms with Crippen molar-refractivity contribution in [1.82, 2.24) is 14.8 Å². The summed E-state index contributed by atoms with van der Waals surface area (Å²) in [7, 11) is 1.59. The van der Waals surface area contributed by atoms with Crippen LogP contribution in [0.2, 0.25) is 0 Å². The average Bonchev–Trinajstić information content (AvgIpc) is 3.17. The number of para-hydroxylation sites is 1. The third-order valence-corrected chi connectivity index (χ3v) is 5.02. The SMILES string of the molecule is COc1cccc2c(C)cc(-n3nc(C)cc3NC(=O)/C=C/c3cccc([N+](=O)[O-])c3)nc12. The van der Waals surface area contributed by atoms with E-state index in [-0.39, 0.29) is 5.69 Å². The van der Waals surface area contributed by atoms with Gasteiger partial charge in [-0.3, -0.25) is 14.9 Å². The molecule has 0 saturated carbocycles. The number of benzene rings is 2. The number of ether oxygens (including phenoxy) is 1. The van der Waals surface area contributed by atoms with Gasteiger partial charge in [-0.1, -0.05) is 24.3 Å². The van der Waals surface area contributed by atoms with Gasteiger partial charge in [0.15, 0.2) is 5.82 Å². The van der Waals surface area contributed by atoms with Crippen molar-refractivity contribution < 1.29 is 14.5 Å². The zero-order chi connectivity index (χ0) is 23.5. The third kappa shape index (κ3) is 4.57. The summed E-state index contributed by atoms with van der Waals surface area (Å²) < 4.78 is 7.02. The molecule has 2 heterocycles. The molecule has 9 heteroatoms. The number of amides is 1. The summed E-state index contributed by atoms with van der Waals surface area (Å²) in [4.78, 5) is 27.7. The van der Waals surface area contributed by atoms with Crippen LogP contribution < -0.4 is 10.1 Å². The Morgan fingerprint density at radius 3 is 2.70 bits per heavy atom. The second-order valence-electron chi connectivity index (χ2n) is 7.41. The van der Waals surface area contributed by atoms with E-state index in [1.54, 1.807) is 30.0 Å². The first kappa shape index (κ1) is 21.7. The highest BCUT2D eigenvalue weighted by molar-refractivity contribution is 6.01. The van der Waals surface area contributed by atoms with Gasteiger partial charge in [0, 0.05) is 29.7 Å². The van der Waals surface area contributed by atoms with Crippen LogP contribution in [0.1, 0.15) is 16.8 Å². The number of nitro benzene ring substituents is 1. The van der Waals surface area contributed by atoms with E-state index in [4.69, 9.17) is 9.72 Å². The first-order valence-electron chi connectivity index (χ1n) is 10.1. The van der Waals surface area contributed by atoms with Gasteiger partial charge in [0.1, 0.15) is 17.1 Å². The van der Waals surface area contributed by atoms with Gasteiger partial charge in [-0.25, -0.2) is 4.98 Å². The van der Waals surface area contributed by atoms with Crippen molar-refractivity contribution in [3.05, 3.63) is 87.6 Å². The monoisotopic (exact) mass is 443 g/mol. The first-order chi connectivity index (χ1) is 15.9. The molecule has 9 nitrogen and oxygen atoms in total. The Labute approximate surface area is 189 Å². The van der Waals surface area contributed by atoms with Crippen LogP contribution in [0.15, 0.2) is 60.7 Å². The molecule has 33 heavy (non-hydrogen) atoms. The molecular formula is C24H21N5O4. The maximum Gasteiger partial charge on any atom is 0.270 e. The third-order valence-electron chi connectivity index (χ3n) is 5.02. The second kappa shape index (κ2) is 8.91. The molecule has 166 valence electrons. The van der Waals surface area contributed by atoms with Crippen LogP contribution in [0.5, 0.6) is 5.75 Å². The van der Waals surface area contributed by atoms with Gasteiger partial charge < -0.3 is 10.1 Å². The summed E-state index contributed by atoms with van der Waals surface area (Å²) >= 11 is 0. The van der Waals surface area contributed by atoms with E-state index >= 15 is 0 Å². The quantitative estimate of drug-likeness (QED) is 0.265. The van der Waals surface area contributed by atoms with Crippen LogP contribution >= 0.6 is 0 Å². The van der Waals surface area contributed by atoms with Crippen molar-refractivity contribution in [2.45, 2.75) is 13.8 Å². The standard InChI is InChI=1S/C24H21N5O4/c1-15-12-21(26-24-19(15)8-5-9-20(24)33-3)28-22(13-16(2)27-28)25-23(30)11-10-17-6-4-7-18(14-17)29(31)32/h4-14H,1-3H3,(H,25,30)/b11-10+. The summed E-state index contributed by atoms with van der Waals surface area (Å²) in [5, 5.41) is 19.2. The number of non-ortho nitro benzene ring substituents is 1. The molecule has 0 bridgehead atoms. The lowest BCUT2D eigenvalue weighted by molar-refractivity contribution is -0.384. The lowest BCUT2D eigenvalue weighted by Crippen LogP contribution is -2.13. The normalized spacial score (nSPS) is 11.1. The summed E-state index contributed by atoms with van der Waals surface area (Å²) in [6.07, 6.45) is 2.83. The fourth-order valence-electron chi connectivity index (χ4n) is 3.49. The minimum atomic E-state index is -0.480. The number of methoxy groups -OCH3 is 1. The van der Waals surface area contributed by atoms with Crippen LogP contribution in [0.3, 0.4) is 0 Å². The van der Waals surface area contributed by atoms with Crippen molar-refractivity contribution in [2.75, 3.05) is 12.4 Å². The molecule has 2 aromatic carbocycles. The van der Waals surface area contributed by atoms with Gasteiger partial charge in [-0.05, 0) is 43.2 Å². The van der Waals surface area contributed by atoms with E-state index in [1.807, 2.05) is 38.1 Å². The van der Waals surface area contributed by atoms with Gasteiger partial charge in [0.2, 0.25) is 5.91 Å². The molecule has 1 N–H and O–H groups in total. The number of aryl methyl sites for hydroxylation is 2. The lowest BCUT2D eigenvalue weighted by Gasteiger charge is -2.11. The summed E-state index contributed by atoms with van der Waals surface area (Å²) in [5.74, 6) is 1.22. The largest absolute Gasteiger partial charge is 0.494 e. The van der Waals surface area contributed by atoms with Crippen LogP contribution in [0.25, 0.3) is 22.8 Å². The molecule has 0 saturated heterocycles. The smallest absolute Gasteiger partial charge is 0.270 e. The molecule has 0 aliphatic rings. The predicted molar refractivity (Wildman–Crippen MR) is 126 cm³/mol. The van der Waals surface area contributed by atoms with Crippen molar-refractivity contribution in [1.29, 1.82) is 0 Å². The van der Waals surface area contributed by atoms with Crippen LogP contribution in [-0.2, 0) is 4.79 Å². The Kier molecular flexibility index (Phi) is 5.86. The number of nitrogens with zero attached hydrogens (tertiary/aromatic N) is 4. The molecular weight excluding hydrogens is 422 g/mol. The van der Waals surface area contributed by atoms with Crippen LogP contribution in [0.4, 0.5) is 11.5 Å². The fourth-order valence-corrected chi connectivity index (χ4v) is 3.49. The van der Waals surface area contributed by atoms with E-state index < -0.39 is 10.8 Å². The number of carbonyl (C=O) groups excluding carboxylic acids is 1. The minimum absolute atomic E-state index is 0.0422. The maximum atomic E-state index is 12.6.